The average Bonchev–Trinajstić information content (AvgIpc) is 3.13. The van der Waals surface area contributed by atoms with E-state index >= 15 is 0 Å². The molecule has 2 aromatic carbocycles. The number of H-pyrrole nitrogens is 1. The molecule has 0 unspecified atom stereocenters. The third kappa shape index (κ3) is 3.20. The van der Waals surface area contributed by atoms with Crippen LogP contribution in [0.3, 0.4) is 0 Å². The first-order valence-corrected chi connectivity index (χ1v) is 9.03. The molecule has 4 rings (SSSR count). The lowest BCUT2D eigenvalue weighted by molar-refractivity contribution is -0.137. The number of rotatable bonds is 4. The van der Waals surface area contributed by atoms with Crippen molar-refractivity contribution in [3.63, 3.8) is 0 Å². The van der Waals surface area contributed by atoms with Gasteiger partial charge in [0.05, 0.1) is 12.3 Å². The Morgan fingerprint density at radius 1 is 1.21 bits per heavy atom. The molecule has 0 fully saturated rings. The van der Waals surface area contributed by atoms with E-state index in [9.17, 15) is 9.59 Å². The Morgan fingerprint density at radius 2 is 2.04 bits per heavy atom. The second kappa shape index (κ2) is 7.15. The lowest BCUT2D eigenvalue weighted by atomic mass is 10.1. The van der Waals surface area contributed by atoms with E-state index in [1.54, 1.807) is 17.7 Å². The molecule has 0 saturated heterocycles. The molecule has 0 aliphatic heterocycles. The number of para-hydroxylation sites is 1. The summed E-state index contributed by atoms with van der Waals surface area (Å²) in [4.78, 5) is 26.9. The largest absolute Gasteiger partial charge is 0.463 e. The number of pyridine rings is 1. The van der Waals surface area contributed by atoms with Gasteiger partial charge in [-0.15, -0.1) is 0 Å². The van der Waals surface area contributed by atoms with E-state index in [-0.39, 0.29) is 11.5 Å². The van der Waals surface area contributed by atoms with Gasteiger partial charge in [0.2, 0.25) is 0 Å². The fourth-order valence-corrected chi connectivity index (χ4v) is 3.22. The highest BCUT2D eigenvalue weighted by Crippen LogP contribution is 2.24. The third-order valence-electron chi connectivity index (χ3n) is 4.57. The van der Waals surface area contributed by atoms with Crippen LogP contribution in [-0.4, -0.2) is 27.3 Å². The minimum Gasteiger partial charge on any atom is -0.463 e. The maximum absolute atomic E-state index is 12.5. The van der Waals surface area contributed by atoms with Gasteiger partial charge in [0, 0.05) is 28.6 Å². The van der Waals surface area contributed by atoms with Gasteiger partial charge in [-0.3, -0.25) is 4.79 Å². The lowest BCUT2D eigenvalue weighted by Crippen LogP contribution is -2.07. The molecule has 6 heteroatoms. The van der Waals surface area contributed by atoms with Gasteiger partial charge in [-0.05, 0) is 49.2 Å². The van der Waals surface area contributed by atoms with Gasteiger partial charge in [0.1, 0.15) is 0 Å². The van der Waals surface area contributed by atoms with Crippen molar-refractivity contribution in [1.82, 2.24) is 14.8 Å². The van der Waals surface area contributed by atoms with Crippen LogP contribution < -0.4 is 5.56 Å². The van der Waals surface area contributed by atoms with Crippen LogP contribution in [-0.2, 0) is 9.53 Å². The first-order chi connectivity index (χ1) is 13.6. The number of nitrogens with zero attached hydrogens (tertiary/aromatic N) is 2. The number of esters is 1. The van der Waals surface area contributed by atoms with Crippen molar-refractivity contribution in [2.45, 2.75) is 13.8 Å². The maximum atomic E-state index is 12.5. The molecule has 6 nitrogen and oxygen atoms in total. The Morgan fingerprint density at radius 3 is 2.82 bits per heavy atom. The summed E-state index contributed by atoms with van der Waals surface area (Å²) in [6.45, 7) is 4.10. The zero-order chi connectivity index (χ0) is 19.7. The van der Waals surface area contributed by atoms with Crippen molar-refractivity contribution in [1.29, 1.82) is 0 Å². The molecule has 0 spiro atoms. The molecular weight excluding hydrogens is 354 g/mol. The summed E-state index contributed by atoms with van der Waals surface area (Å²) in [7, 11) is 0. The summed E-state index contributed by atoms with van der Waals surface area (Å²) in [5.74, 6) is -0.387. The van der Waals surface area contributed by atoms with Crippen LogP contribution in [0.4, 0.5) is 0 Å². The predicted molar refractivity (Wildman–Crippen MR) is 110 cm³/mol. The Labute approximate surface area is 161 Å². The van der Waals surface area contributed by atoms with E-state index in [1.807, 2.05) is 55.6 Å². The lowest BCUT2D eigenvalue weighted by Gasteiger charge is -2.03. The second-order valence-electron chi connectivity index (χ2n) is 6.47. The Hall–Kier alpha value is -3.67. The highest BCUT2D eigenvalue weighted by Gasteiger charge is 2.12. The number of hydrogen-bond acceptors (Lipinski definition) is 4. The van der Waals surface area contributed by atoms with E-state index in [1.165, 1.54) is 6.08 Å². The number of carbonyl (C=O) groups excluding carboxylic acids is 1. The van der Waals surface area contributed by atoms with Gasteiger partial charge in [-0.1, -0.05) is 24.3 Å². The molecule has 2 heterocycles. The Kier molecular flexibility index (Phi) is 4.53. The van der Waals surface area contributed by atoms with Gasteiger partial charge in [0.15, 0.2) is 5.52 Å². The van der Waals surface area contributed by atoms with Crippen molar-refractivity contribution >= 4 is 33.9 Å². The second-order valence-corrected chi connectivity index (χ2v) is 6.47. The van der Waals surface area contributed by atoms with Gasteiger partial charge < -0.3 is 9.72 Å². The molecular formula is C22H19N3O3. The fourth-order valence-electron chi connectivity index (χ4n) is 3.22. The quantitative estimate of drug-likeness (QED) is 0.437. The fraction of sp³-hybridized carbons (Fsp3) is 0.136. The normalized spacial score (nSPS) is 11.5. The first kappa shape index (κ1) is 17.7. The van der Waals surface area contributed by atoms with Crippen LogP contribution >= 0.6 is 0 Å². The monoisotopic (exact) mass is 373 g/mol. The summed E-state index contributed by atoms with van der Waals surface area (Å²) >= 11 is 0. The number of hydrogen-bond donors (Lipinski definition) is 1. The number of aryl methyl sites for hydroxylation is 1. The maximum Gasteiger partial charge on any atom is 0.330 e. The van der Waals surface area contributed by atoms with Gasteiger partial charge in [0.25, 0.3) is 5.56 Å². The molecule has 0 aliphatic carbocycles. The number of fused-ring (bicyclic) bond motifs is 3. The van der Waals surface area contributed by atoms with Crippen LogP contribution in [0, 0.1) is 6.92 Å². The average molecular weight is 373 g/mol. The standard InChI is InChI=1S/C22H19N3O3/c1-3-28-20(26)11-9-15-8-10-18-16(12-15)17-13-25(24-21(17)22(27)23-18)19-7-5-4-6-14(19)2/h4-13H,3H2,1-2H3,(H,23,27)/b11-9+. The molecule has 0 bridgehead atoms. The predicted octanol–water partition coefficient (Wildman–Crippen LogP) is 3.75. The molecule has 140 valence electrons. The van der Waals surface area contributed by atoms with E-state index in [4.69, 9.17) is 4.74 Å². The molecule has 2 aromatic heterocycles. The zero-order valence-corrected chi connectivity index (χ0v) is 15.6. The molecule has 0 aliphatic rings. The number of benzene rings is 2. The molecule has 0 atom stereocenters. The summed E-state index contributed by atoms with van der Waals surface area (Å²) in [5, 5.41) is 6.12. The molecule has 28 heavy (non-hydrogen) atoms. The van der Waals surface area contributed by atoms with E-state index in [0.717, 1.165) is 33.1 Å². The minimum atomic E-state index is -0.387. The number of nitrogens with one attached hydrogen (secondary N) is 1. The van der Waals surface area contributed by atoms with Crippen molar-refractivity contribution in [2.75, 3.05) is 6.61 Å². The van der Waals surface area contributed by atoms with E-state index in [2.05, 4.69) is 10.1 Å². The van der Waals surface area contributed by atoms with Crippen molar-refractivity contribution in [3.8, 4) is 5.69 Å². The number of aromatic nitrogens is 3. The SMILES string of the molecule is CCOC(=O)/C=C/c1ccc2[nH]c(=O)c3nn(-c4ccccc4C)cc3c2c1. The summed E-state index contributed by atoms with van der Waals surface area (Å²) in [6.07, 6.45) is 4.96. The topological polar surface area (TPSA) is 77.0 Å². The van der Waals surface area contributed by atoms with Crippen molar-refractivity contribution < 1.29 is 9.53 Å². The molecule has 4 aromatic rings. The third-order valence-corrected chi connectivity index (χ3v) is 4.57. The minimum absolute atomic E-state index is 0.232. The zero-order valence-electron chi connectivity index (χ0n) is 15.6. The smallest absolute Gasteiger partial charge is 0.330 e. The van der Waals surface area contributed by atoms with Crippen molar-refractivity contribution in [3.05, 3.63) is 76.2 Å². The first-order valence-electron chi connectivity index (χ1n) is 9.03. The number of aromatic amines is 1. The van der Waals surface area contributed by atoms with Crippen LogP contribution in [0.15, 0.2) is 59.5 Å². The van der Waals surface area contributed by atoms with Gasteiger partial charge in [-0.25, -0.2) is 9.48 Å². The van der Waals surface area contributed by atoms with E-state index in [0.29, 0.717) is 12.1 Å². The summed E-state index contributed by atoms with van der Waals surface area (Å²) in [5.41, 5.74) is 3.68. The van der Waals surface area contributed by atoms with Crippen LogP contribution in [0.1, 0.15) is 18.1 Å². The summed E-state index contributed by atoms with van der Waals surface area (Å²) < 4.78 is 6.65. The van der Waals surface area contributed by atoms with E-state index < -0.39 is 0 Å². The Bertz CT molecular complexity index is 1280. The van der Waals surface area contributed by atoms with Crippen LogP contribution in [0.5, 0.6) is 0 Å². The molecule has 0 radical (unpaired) electrons. The van der Waals surface area contributed by atoms with Crippen LogP contribution in [0.25, 0.3) is 33.6 Å². The summed E-state index contributed by atoms with van der Waals surface area (Å²) in [6, 6.07) is 13.5. The molecule has 0 saturated carbocycles. The highest BCUT2D eigenvalue weighted by atomic mass is 16.5. The number of ether oxygens (including phenoxy) is 1. The van der Waals surface area contributed by atoms with Crippen molar-refractivity contribution in [2.24, 2.45) is 0 Å². The molecule has 1 N–H and O–H groups in total. The number of carbonyl (C=O) groups is 1. The molecule has 0 amide bonds. The van der Waals surface area contributed by atoms with Gasteiger partial charge >= 0.3 is 5.97 Å². The van der Waals surface area contributed by atoms with Crippen LogP contribution in [0.2, 0.25) is 0 Å². The highest BCUT2D eigenvalue weighted by molar-refractivity contribution is 6.04. The Balaban J connectivity index is 1.87. The van der Waals surface area contributed by atoms with Gasteiger partial charge in [-0.2, -0.15) is 5.10 Å².